The molecule has 2 aliphatic heterocycles. The molecule has 5 heteroatoms. The molecule has 37 heavy (non-hydrogen) atoms. The highest BCUT2D eigenvalue weighted by atomic mass is 16.7. The molecule has 6 rings (SSSR count). The highest BCUT2D eigenvalue weighted by Crippen LogP contribution is 2.40. The van der Waals surface area contributed by atoms with E-state index in [2.05, 4.69) is 95.3 Å². The van der Waals surface area contributed by atoms with Gasteiger partial charge in [-0.1, -0.05) is 86.5 Å². The SMILES string of the molecule is CCCCn1c(-c2ccccc2)nc(-c2ccccc2)c1CN1CCCCC1c1ccc2c(c1)OCO2. The number of fused-ring (bicyclic) bond motifs is 1. The molecule has 5 nitrogen and oxygen atoms in total. The van der Waals surface area contributed by atoms with Crippen molar-refractivity contribution < 1.29 is 9.47 Å². The Balaban J connectivity index is 1.43. The Morgan fingerprint density at radius 1 is 0.865 bits per heavy atom. The van der Waals surface area contributed by atoms with Crippen molar-refractivity contribution in [1.82, 2.24) is 14.5 Å². The van der Waals surface area contributed by atoms with Crippen LogP contribution in [0.2, 0.25) is 0 Å². The van der Waals surface area contributed by atoms with E-state index < -0.39 is 0 Å². The lowest BCUT2D eigenvalue weighted by Gasteiger charge is -2.36. The Kier molecular flexibility index (Phi) is 6.96. The second kappa shape index (κ2) is 10.8. The van der Waals surface area contributed by atoms with Crippen molar-refractivity contribution >= 4 is 0 Å². The van der Waals surface area contributed by atoms with E-state index in [9.17, 15) is 0 Å². The monoisotopic (exact) mass is 493 g/mol. The van der Waals surface area contributed by atoms with Crippen LogP contribution < -0.4 is 9.47 Å². The molecule has 1 atom stereocenters. The molecule has 0 bridgehead atoms. The number of ether oxygens (including phenoxy) is 2. The predicted octanol–water partition coefficient (Wildman–Crippen LogP) is 7.47. The Labute approximate surface area is 219 Å². The summed E-state index contributed by atoms with van der Waals surface area (Å²) in [6.45, 7) is 5.49. The number of imidazole rings is 1. The van der Waals surface area contributed by atoms with E-state index >= 15 is 0 Å². The standard InChI is InChI=1S/C32H35N3O2/c1-2-3-20-35-28(31(24-12-6-4-7-13-24)33-32(35)25-14-8-5-9-15-25)22-34-19-11-10-16-27(34)26-17-18-29-30(21-26)37-23-36-29/h4-9,12-15,17-18,21,27H,2-3,10-11,16,19-20,22-23H2,1H3. The van der Waals surface area contributed by atoms with Gasteiger partial charge in [-0.2, -0.15) is 0 Å². The Morgan fingerprint density at radius 3 is 2.41 bits per heavy atom. The fourth-order valence-electron chi connectivity index (χ4n) is 5.71. The second-order valence-electron chi connectivity index (χ2n) is 10.1. The number of likely N-dealkylation sites (tertiary alicyclic amines) is 1. The molecule has 0 aliphatic carbocycles. The van der Waals surface area contributed by atoms with Crippen LogP contribution in [0.15, 0.2) is 78.9 Å². The van der Waals surface area contributed by atoms with Crippen molar-refractivity contribution in [1.29, 1.82) is 0 Å². The Hall–Kier alpha value is -3.57. The van der Waals surface area contributed by atoms with E-state index in [0.717, 1.165) is 61.9 Å². The summed E-state index contributed by atoms with van der Waals surface area (Å²) in [7, 11) is 0. The van der Waals surface area contributed by atoms with Gasteiger partial charge in [-0.3, -0.25) is 4.90 Å². The summed E-state index contributed by atoms with van der Waals surface area (Å²) in [6.07, 6.45) is 5.88. The smallest absolute Gasteiger partial charge is 0.231 e. The van der Waals surface area contributed by atoms with Crippen LogP contribution >= 0.6 is 0 Å². The number of unbranched alkanes of at least 4 members (excludes halogenated alkanes) is 1. The summed E-state index contributed by atoms with van der Waals surface area (Å²) >= 11 is 0. The van der Waals surface area contributed by atoms with Gasteiger partial charge in [-0.15, -0.1) is 0 Å². The normalized spacial score (nSPS) is 17.3. The van der Waals surface area contributed by atoms with Gasteiger partial charge in [0, 0.05) is 30.3 Å². The van der Waals surface area contributed by atoms with Crippen LogP contribution in [0.3, 0.4) is 0 Å². The quantitative estimate of drug-likeness (QED) is 0.255. The number of benzene rings is 3. The number of piperidine rings is 1. The third-order valence-corrected chi connectivity index (χ3v) is 7.63. The maximum absolute atomic E-state index is 5.72. The average molecular weight is 494 g/mol. The van der Waals surface area contributed by atoms with Crippen LogP contribution in [0.25, 0.3) is 22.6 Å². The number of hydrogen-bond donors (Lipinski definition) is 0. The van der Waals surface area contributed by atoms with E-state index in [4.69, 9.17) is 14.5 Å². The molecule has 0 spiro atoms. The van der Waals surface area contributed by atoms with Crippen LogP contribution in [-0.2, 0) is 13.1 Å². The largest absolute Gasteiger partial charge is 0.454 e. The van der Waals surface area contributed by atoms with Gasteiger partial charge in [0.1, 0.15) is 5.82 Å². The predicted molar refractivity (Wildman–Crippen MR) is 148 cm³/mol. The topological polar surface area (TPSA) is 39.5 Å². The van der Waals surface area contributed by atoms with Gasteiger partial charge in [-0.25, -0.2) is 4.98 Å². The zero-order chi connectivity index (χ0) is 25.0. The molecule has 1 unspecified atom stereocenters. The molecule has 3 aromatic carbocycles. The van der Waals surface area contributed by atoms with E-state index in [1.165, 1.54) is 35.2 Å². The van der Waals surface area contributed by atoms with Gasteiger partial charge >= 0.3 is 0 Å². The molecule has 0 saturated carbocycles. The highest BCUT2D eigenvalue weighted by molar-refractivity contribution is 5.68. The molecule has 0 amide bonds. The van der Waals surface area contributed by atoms with Gasteiger partial charge < -0.3 is 14.0 Å². The molecular weight excluding hydrogens is 458 g/mol. The number of rotatable bonds is 8. The summed E-state index contributed by atoms with van der Waals surface area (Å²) in [5, 5.41) is 0. The fraction of sp³-hybridized carbons (Fsp3) is 0.344. The van der Waals surface area contributed by atoms with E-state index in [-0.39, 0.29) is 0 Å². The summed E-state index contributed by atoms with van der Waals surface area (Å²) in [5.74, 6) is 2.79. The number of hydrogen-bond acceptors (Lipinski definition) is 4. The second-order valence-corrected chi connectivity index (χ2v) is 10.1. The van der Waals surface area contributed by atoms with Gasteiger partial charge in [0.2, 0.25) is 6.79 Å². The zero-order valence-corrected chi connectivity index (χ0v) is 21.6. The van der Waals surface area contributed by atoms with Crippen LogP contribution in [-0.4, -0.2) is 27.8 Å². The first kappa shape index (κ1) is 23.8. The molecule has 0 radical (unpaired) electrons. The Morgan fingerprint density at radius 2 is 1.62 bits per heavy atom. The third kappa shape index (κ3) is 4.88. The lowest BCUT2D eigenvalue weighted by molar-refractivity contribution is 0.137. The minimum atomic E-state index is 0.312. The van der Waals surface area contributed by atoms with E-state index in [1.54, 1.807) is 0 Å². The number of nitrogens with zero attached hydrogens (tertiary/aromatic N) is 3. The molecular formula is C32H35N3O2. The van der Waals surface area contributed by atoms with Gasteiger partial charge in [0.05, 0.1) is 11.4 Å². The Bertz CT molecular complexity index is 1330. The molecule has 1 saturated heterocycles. The molecule has 3 heterocycles. The van der Waals surface area contributed by atoms with Crippen LogP contribution in [0.4, 0.5) is 0 Å². The summed E-state index contributed by atoms with van der Waals surface area (Å²) in [4.78, 5) is 7.97. The molecule has 0 N–H and O–H groups in total. The van der Waals surface area contributed by atoms with Gasteiger partial charge in [-0.05, 0) is 43.5 Å². The first-order chi connectivity index (χ1) is 18.3. The maximum atomic E-state index is 5.72. The van der Waals surface area contributed by atoms with Crippen molar-refractivity contribution in [2.24, 2.45) is 0 Å². The molecule has 1 aromatic heterocycles. The lowest BCUT2D eigenvalue weighted by Crippen LogP contribution is -2.34. The van der Waals surface area contributed by atoms with Crippen molar-refractivity contribution in [2.45, 2.75) is 58.2 Å². The van der Waals surface area contributed by atoms with Crippen LogP contribution in [0.1, 0.15) is 56.3 Å². The molecule has 2 aliphatic rings. The maximum Gasteiger partial charge on any atom is 0.231 e. The van der Waals surface area contributed by atoms with Crippen molar-refractivity contribution in [3.63, 3.8) is 0 Å². The fourth-order valence-corrected chi connectivity index (χ4v) is 5.71. The lowest BCUT2D eigenvalue weighted by atomic mass is 9.94. The minimum absolute atomic E-state index is 0.312. The van der Waals surface area contributed by atoms with Crippen molar-refractivity contribution in [3.8, 4) is 34.1 Å². The van der Waals surface area contributed by atoms with Crippen molar-refractivity contribution in [3.05, 3.63) is 90.1 Å². The third-order valence-electron chi connectivity index (χ3n) is 7.63. The molecule has 190 valence electrons. The van der Waals surface area contributed by atoms with E-state index in [0.29, 0.717) is 12.8 Å². The van der Waals surface area contributed by atoms with Gasteiger partial charge in [0.25, 0.3) is 0 Å². The average Bonchev–Trinajstić information content (AvgIpc) is 3.57. The zero-order valence-electron chi connectivity index (χ0n) is 21.6. The highest BCUT2D eigenvalue weighted by Gasteiger charge is 2.29. The molecule has 1 fully saturated rings. The van der Waals surface area contributed by atoms with Crippen molar-refractivity contribution in [2.75, 3.05) is 13.3 Å². The first-order valence-corrected chi connectivity index (χ1v) is 13.7. The van der Waals surface area contributed by atoms with Crippen LogP contribution in [0.5, 0.6) is 11.5 Å². The van der Waals surface area contributed by atoms with E-state index in [1.807, 2.05) is 0 Å². The van der Waals surface area contributed by atoms with Gasteiger partial charge in [0.15, 0.2) is 11.5 Å². The molecule has 4 aromatic rings. The summed E-state index contributed by atoms with van der Waals surface area (Å²) in [5.41, 5.74) is 6.08. The van der Waals surface area contributed by atoms with Crippen LogP contribution in [0, 0.1) is 0 Å². The minimum Gasteiger partial charge on any atom is -0.454 e. The summed E-state index contributed by atoms with van der Waals surface area (Å²) in [6, 6.07) is 28.2. The summed E-state index contributed by atoms with van der Waals surface area (Å²) < 4.78 is 13.8. The number of aromatic nitrogens is 2. The first-order valence-electron chi connectivity index (χ1n) is 13.7.